The lowest BCUT2D eigenvalue weighted by atomic mass is 10.0. The van der Waals surface area contributed by atoms with Gasteiger partial charge in [-0.2, -0.15) is 13.2 Å². The summed E-state index contributed by atoms with van der Waals surface area (Å²) in [5.74, 6) is -1.38. The lowest BCUT2D eigenvalue weighted by Gasteiger charge is -2.29. The smallest absolute Gasteiger partial charge is 0.433 e. The number of pyridine rings is 1. The van der Waals surface area contributed by atoms with Crippen molar-refractivity contribution in [1.82, 2.24) is 10.3 Å². The highest BCUT2D eigenvalue weighted by atomic mass is 19.4. The van der Waals surface area contributed by atoms with Crippen LogP contribution in [0.5, 0.6) is 0 Å². The van der Waals surface area contributed by atoms with Gasteiger partial charge >= 0.3 is 18.2 Å². The molecule has 2 heterocycles. The topological polar surface area (TPSA) is 91.8 Å². The van der Waals surface area contributed by atoms with Gasteiger partial charge in [0.05, 0.1) is 11.2 Å². The fraction of sp³-hybridized carbons (Fsp3) is 0.588. The molecule has 1 atom stereocenters. The average molecular weight is 389 g/mol. The van der Waals surface area contributed by atoms with Crippen molar-refractivity contribution in [2.24, 2.45) is 0 Å². The predicted molar refractivity (Wildman–Crippen MR) is 90.8 cm³/mol. The van der Waals surface area contributed by atoms with Crippen molar-refractivity contribution < 1.29 is 32.6 Å². The van der Waals surface area contributed by atoms with Crippen LogP contribution in [-0.2, 0) is 10.9 Å². The summed E-state index contributed by atoms with van der Waals surface area (Å²) in [7, 11) is 0. The van der Waals surface area contributed by atoms with Crippen molar-refractivity contribution in [2.75, 3.05) is 18.0 Å². The fourth-order valence-electron chi connectivity index (χ4n) is 2.84. The van der Waals surface area contributed by atoms with Crippen molar-refractivity contribution in [3.63, 3.8) is 0 Å². The molecule has 1 aromatic rings. The van der Waals surface area contributed by atoms with Gasteiger partial charge in [0.2, 0.25) is 0 Å². The zero-order valence-corrected chi connectivity index (χ0v) is 15.5. The zero-order valence-electron chi connectivity index (χ0n) is 15.5. The van der Waals surface area contributed by atoms with Crippen LogP contribution in [0, 0.1) is 0 Å². The summed E-state index contributed by atoms with van der Waals surface area (Å²) >= 11 is 0. The van der Waals surface area contributed by atoms with E-state index in [0.29, 0.717) is 12.6 Å². The molecule has 10 heteroatoms. The van der Waals surface area contributed by atoms with Gasteiger partial charge in [-0.25, -0.2) is 9.59 Å². The Morgan fingerprint density at radius 2 is 1.96 bits per heavy atom. The lowest BCUT2D eigenvalue weighted by Crippen LogP contribution is -2.49. The van der Waals surface area contributed by atoms with E-state index in [2.05, 4.69) is 10.3 Å². The Kier molecular flexibility index (Phi) is 5.31. The van der Waals surface area contributed by atoms with Crippen molar-refractivity contribution >= 4 is 17.7 Å². The molecule has 1 amide bonds. The van der Waals surface area contributed by atoms with E-state index in [4.69, 9.17) is 4.74 Å². The Labute approximate surface area is 154 Å². The van der Waals surface area contributed by atoms with E-state index in [1.165, 1.54) is 4.90 Å². The zero-order chi connectivity index (χ0) is 20.6. The number of ether oxygens (including phenoxy) is 1. The summed E-state index contributed by atoms with van der Waals surface area (Å²) in [5.41, 5.74) is -3.05. The number of rotatable bonds is 3. The van der Waals surface area contributed by atoms with Crippen LogP contribution in [0.3, 0.4) is 0 Å². The quantitative estimate of drug-likeness (QED) is 0.824. The summed E-state index contributed by atoms with van der Waals surface area (Å²) in [6.45, 7) is 7.27. The second-order valence-electron chi connectivity index (χ2n) is 7.75. The number of halogens is 3. The standard InChI is InChI=1S/C17H22F3N3O4/c1-15(2,3)27-14(26)22-16(4)5-6-23(9-16)11-7-12(17(18,19)20)21-8-10(11)13(24)25/h7-8H,5-6,9H2,1-4H3,(H,22,26)(H,24,25). The van der Waals surface area contributed by atoms with E-state index in [-0.39, 0.29) is 24.3 Å². The number of hydrogen-bond acceptors (Lipinski definition) is 5. The molecular formula is C17H22F3N3O4. The molecular weight excluding hydrogens is 367 g/mol. The Bertz CT molecular complexity index is 746. The maximum atomic E-state index is 13.0. The minimum absolute atomic E-state index is 0.0838. The predicted octanol–water partition coefficient (Wildman–Crippen LogP) is 3.29. The van der Waals surface area contributed by atoms with Gasteiger partial charge in [0.15, 0.2) is 0 Å². The van der Waals surface area contributed by atoms with Gasteiger partial charge in [-0.15, -0.1) is 0 Å². The molecule has 150 valence electrons. The first kappa shape index (κ1) is 20.8. The van der Waals surface area contributed by atoms with Crippen LogP contribution in [0.25, 0.3) is 0 Å². The van der Waals surface area contributed by atoms with Gasteiger partial charge in [-0.3, -0.25) is 4.98 Å². The molecule has 0 spiro atoms. The number of nitrogens with one attached hydrogen (secondary N) is 1. The fourth-order valence-corrected chi connectivity index (χ4v) is 2.84. The SMILES string of the molecule is CC1(NC(=O)OC(C)(C)C)CCN(c2cc(C(F)(F)F)ncc2C(=O)O)C1. The number of anilines is 1. The van der Waals surface area contributed by atoms with Gasteiger partial charge in [0, 0.05) is 19.3 Å². The first-order chi connectivity index (χ1) is 12.2. The second kappa shape index (κ2) is 6.90. The highest BCUT2D eigenvalue weighted by Crippen LogP contribution is 2.34. The minimum Gasteiger partial charge on any atom is -0.478 e. The Hall–Kier alpha value is -2.52. The molecule has 0 saturated carbocycles. The molecule has 1 saturated heterocycles. The Morgan fingerprint density at radius 3 is 2.48 bits per heavy atom. The number of carboxylic acids is 1. The number of hydrogen-bond donors (Lipinski definition) is 2. The summed E-state index contributed by atoms with van der Waals surface area (Å²) in [6.07, 6.45) is -4.22. The number of nitrogens with zero attached hydrogens (tertiary/aromatic N) is 2. The summed E-state index contributed by atoms with van der Waals surface area (Å²) in [6, 6.07) is 0.725. The first-order valence-electron chi connectivity index (χ1n) is 8.27. The van der Waals surface area contributed by atoms with Crippen LogP contribution in [0.4, 0.5) is 23.7 Å². The third kappa shape index (κ3) is 5.24. The van der Waals surface area contributed by atoms with E-state index in [1.807, 2.05) is 0 Å². The van der Waals surface area contributed by atoms with Crippen LogP contribution < -0.4 is 10.2 Å². The number of aromatic carboxylic acids is 1. The van der Waals surface area contributed by atoms with E-state index in [1.54, 1.807) is 27.7 Å². The number of aromatic nitrogens is 1. The van der Waals surface area contributed by atoms with Crippen molar-refractivity contribution in [2.45, 2.75) is 51.4 Å². The third-order valence-electron chi connectivity index (χ3n) is 4.02. The van der Waals surface area contributed by atoms with Crippen LogP contribution in [-0.4, -0.2) is 46.4 Å². The van der Waals surface area contributed by atoms with Crippen molar-refractivity contribution in [1.29, 1.82) is 0 Å². The normalized spacial score (nSPS) is 20.5. The highest BCUT2D eigenvalue weighted by Gasteiger charge is 2.39. The molecule has 1 aliphatic rings. The van der Waals surface area contributed by atoms with E-state index >= 15 is 0 Å². The monoisotopic (exact) mass is 389 g/mol. The summed E-state index contributed by atoms with van der Waals surface area (Å²) in [5, 5.41) is 12.0. The van der Waals surface area contributed by atoms with Crippen LogP contribution in [0.1, 0.15) is 50.2 Å². The number of carboxylic acid groups (broad SMARTS) is 1. The molecule has 1 aliphatic heterocycles. The molecule has 1 aromatic heterocycles. The van der Waals surface area contributed by atoms with Gasteiger partial charge in [0.1, 0.15) is 16.9 Å². The van der Waals surface area contributed by atoms with E-state index in [9.17, 15) is 27.9 Å². The Morgan fingerprint density at radius 1 is 1.33 bits per heavy atom. The first-order valence-corrected chi connectivity index (χ1v) is 8.27. The molecule has 0 aromatic carbocycles. The summed E-state index contributed by atoms with van der Waals surface area (Å²) < 4.78 is 44.1. The molecule has 2 N–H and O–H groups in total. The number of carbonyl (C=O) groups is 2. The highest BCUT2D eigenvalue weighted by molar-refractivity contribution is 5.94. The molecule has 2 rings (SSSR count). The molecule has 1 unspecified atom stereocenters. The van der Waals surface area contributed by atoms with Crippen molar-refractivity contribution in [3.05, 3.63) is 23.5 Å². The summed E-state index contributed by atoms with van der Waals surface area (Å²) in [4.78, 5) is 28.1. The Balaban J connectivity index is 2.25. The van der Waals surface area contributed by atoms with Crippen LogP contribution >= 0.6 is 0 Å². The molecule has 7 nitrogen and oxygen atoms in total. The molecule has 27 heavy (non-hydrogen) atoms. The molecule has 0 radical (unpaired) electrons. The maximum absolute atomic E-state index is 13.0. The number of amides is 1. The maximum Gasteiger partial charge on any atom is 0.433 e. The van der Waals surface area contributed by atoms with Gasteiger partial charge in [0.25, 0.3) is 0 Å². The van der Waals surface area contributed by atoms with Crippen LogP contribution in [0.15, 0.2) is 12.3 Å². The average Bonchev–Trinajstić information content (AvgIpc) is 2.85. The number of alkyl carbamates (subject to hydrolysis) is 1. The van der Waals surface area contributed by atoms with Gasteiger partial charge in [-0.05, 0) is 40.2 Å². The van der Waals surface area contributed by atoms with Gasteiger partial charge in [-0.1, -0.05) is 0 Å². The molecule has 1 fully saturated rings. The lowest BCUT2D eigenvalue weighted by molar-refractivity contribution is -0.141. The van der Waals surface area contributed by atoms with Crippen LogP contribution in [0.2, 0.25) is 0 Å². The second-order valence-corrected chi connectivity index (χ2v) is 7.75. The third-order valence-corrected chi connectivity index (χ3v) is 4.02. The van der Waals surface area contributed by atoms with E-state index < -0.39 is 35.1 Å². The number of carbonyl (C=O) groups excluding carboxylic acids is 1. The minimum atomic E-state index is -4.69. The molecule has 0 aliphatic carbocycles. The van der Waals surface area contributed by atoms with Crippen molar-refractivity contribution in [3.8, 4) is 0 Å². The van der Waals surface area contributed by atoms with E-state index in [0.717, 1.165) is 6.07 Å². The largest absolute Gasteiger partial charge is 0.478 e. The molecule has 0 bridgehead atoms. The number of alkyl halides is 3. The van der Waals surface area contributed by atoms with Gasteiger partial charge < -0.3 is 20.1 Å².